The van der Waals surface area contributed by atoms with Crippen LogP contribution in [0.5, 0.6) is 0 Å². The molecule has 0 saturated carbocycles. The van der Waals surface area contributed by atoms with Crippen LogP contribution in [0.25, 0.3) is 0 Å². The van der Waals surface area contributed by atoms with E-state index in [1.807, 2.05) is 0 Å². The smallest absolute Gasteiger partial charge is 0.296 e. The molecule has 1 heterocycles. The highest BCUT2D eigenvalue weighted by molar-refractivity contribution is 9.11. The zero-order valence-electron chi connectivity index (χ0n) is 7.41. The standard InChI is InChI=1S/C8H2Br2N2O4/c9-2-1-3(12(15)16)5(10)4-6(2)11-8(14)7(4)13/h1H,(H,11,13,14). The Bertz CT molecular complexity index is 555. The van der Waals surface area contributed by atoms with Crippen molar-refractivity contribution < 1.29 is 14.5 Å². The Balaban J connectivity index is 2.79. The number of nitro groups is 1. The molecule has 82 valence electrons. The first-order chi connectivity index (χ1) is 7.43. The van der Waals surface area contributed by atoms with Crippen molar-refractivity contribution in [2.45, 2.75) is 0 Å². The quantitative estimate of drug-likeness (QED) is 0.478. The maximum atomic E-state index is 11.5. The van der Waals surface area contributed by atoms with Gasteiger partial charge in [0, 0.05) is 10.5 Å². The third-order valence-corrected chi connectivity index (χ3v) is 3.49. The molecule has 0 radical (unpaired) electrons. The second-order valence-electron chi connectivity index (χ2n) is 2.98. The first kappa shape index (κ1) is 11.2. The summed E-state index contributed by atoms with van der Waals surface area (Å²) in [6.07, 6.45) is 0. The molecule has 1 aliphatic heterocycles. The van der Waals surface area contributed by atoms with Crippen LogP contribution in [0.1, 0.15) is 10.4 Å². The second kappa shape index (κ2) is 3.63. The van der Waals surface area contributed by atoms with Crippen LogP contribution in [0, 0.1) is 10.1 Å². The van der Waals surface area contributed by atoms with Gasteiger partial charge in [0.1, 0.15) is 4.47 Å². The topological polar surface area (TPSA) is 89.3 Å². The van der Waals surface area contributed by atoms with Crippen molar-refractivity contribution in [3.05, 3.63) is 30.7 Å². The minimum Gasteiger partial charge on any atom is -0.317 e. The molecule has 1 amide bonds. The molecule has 0 saturated heterocycles. The average molecular weight is 350 g/mol. The van der Waals surface area contributed by atoms with Crippen molar-refractivity contribution in [3.63, 3.8) is 0 Å². The molecule has 2 rings (SSSR count). The summed E-state index contributed by atoms with van der Waals surface area (Å²) in [6.45, 7) is 0. The van der Waals surface area contributed by atoms with E-state index in [9.17, 15) is 19.7 Å². The maximum Gasteiger partial charge on any atom is 0.296 e. The number of nitrogens with zero attached hydrogens (tertiary/aromatic N) is 1. The van der Waals surface area contributed by atoms with E-state index < -0.39 is 16.6 Å². The molecule has 0 aromatic heterocycles. The van der Waals surface area contributed by atoms with Crippen LogP contribution in [0.3, 0.4) is 0 Å². The third-order valence-electron chi connectivity index (χ3n) is 2.07. The molecular formula is C8H2Br2N2O4. The van der Waals surface area contributed by atoms with Crippen LogP contribution in [0.2, 0.25) is 0 Å². The minimum atomic E-state index is -0.795. The van der Waals surface area contributed by atoms with Gasteiger partial charge in [-0.2, -0.15) is 0 Å². The first-order valence-electron chi connectivity index (χ1n) is 3.95. The summed E-state index contributed by atoms with van der Waals surface area (Å²) >= 11 is 6.02. The summed E-state index contributed by atoms with van der Waals surface area (Å²) in [7, 11) is 0. The Kier molecular flexibility index (Phi) is 2.55. The predicted octanol–water partition coefficient (Wildman–Crippen LogP) is 2.25. The molecule has 1 aromatic rings. The van der Waals surface area contributed by atoms with Crippen LogP contribution in [-0.4, -0.2) is 16.6 Å². The van der Waals surface area contributed by atoms with E-state index in [0.29, 0.717) is 4.47 Å². The zero-order valence-corrected chi connectivity index (χ0v) is 10.6. The van der Waals surface area contributed by atoms with Crippen molar-refractivity contribution in [1.29, 1.82) is 0 Å². The van der Waals surface area contributed by atoms with Crippen molar-refractivity contribution in [2.75, 3.05) is 5.32 Å². The van der Waals surface area contributed by atoms with Gasteiger partial charge in [0.2, 0.25) is 0 Å². The molecule has 1 aliphatic rings. The van der Waals surface area contributed by atoms with Gasteiger partial charge in [0.25, 0.3) is 17.4 Å². The lowest BCUT2D eigenvalue weighted by molar-refractivity contribution is -0.385. The Morgan fingerprint density at radius 2 is 1.94 bits per heavy atom. The van der Waals surface area contributed by atoms with Crippen molar-refractivity contribution in [1.82, 2.24) is 0 Å². The molecule has 0 unspecified atom stereocenters. The molecule has 0 atom stereocenters. The third kappa shape index (κ3) is 1.45. The number of nitro benzene ring substituents is 1. The van der Waals surface area contributed by atoms with E-state index in [0.717, 1.165) is 0 Å². The molecular weight excluding hydrogens is 348 g/mol. The van der Waals surface area contributed by atoms with Crippen LogP contribution < -0.4 is 5.32 Å². The normalized spacial score (nSPS) is 13.6. The number of carbonyl (C=O) groups is 2. The van der Waals surface area contributed by atoms with E-state index in [1.165, 1.54) is 6.07 Å². The van der Waals surface area contributed by atoms with Crippen molar-refractivity contribution in [2.24, 2.45) is 0 Å². The van der Waals surface area contributed by atoms with Gasteiger partial charge in [-0.3, -0.25) is 19.7 Å². The monoisotopic (exact) mass is 348 g/mol. The number of amides is 1. The van der Waals surface area contributed by atoms with E-state index in [4.69, 9.17) is 0 Å². The Labute approximate surface area is 105 Å². The van der Waals surface area contributed by atoms with Crippen LogP contribution >= 0.6 is 31.9 Å². The highest BCUT2D eigenvalue weighted by Crippen LogP contribution is 2.41. The van der Waals surface area contributed by atoms with Gasteiger partial charge >= 0.3 is 0 Å². The fraction of sp³-hybridized carbons (Fsp3) is 0. The molecule has 8 heteroatoms. The number of anilines is 1. The Morgan fingerprint density at radius 1 is 1.31 bits per heavy atom. The van der Waals surface area contributed by atoms with Gasteiger partial charge in [0.15, 0.2) is 0 Å². The fourth-order valence-corrected chi connectivity index (χ4v) is 2.52. The molecule has 6 nitrogen and oxygen atoms in total. The van der Waals surface area contributed by atoms with Crippen LogP contribution in [-0.2, 0) is 4.79 Å². The number of halogens is 2. The number of Topliss-reactive ketones (excluding diaryl/α,β-unsaturated/α-hetero) is 1. The minimum absolute atomic E-state index is 0.00826. The van der Waals surface area contributed by atoms with Crippen LogP contribution in [0.4, 0.5) is 11.4 Å². The lowest BCUT2D eigenvalue weighted by Crippen LogP contribution is -2.12. The van der Waals surface area contributed by atoms with Crippen molar-refractivity contribution in [3.8, 4) is 0 Å². The Hall–Kier alpha value is -1.28. The highest BCUT2D eigenvalue weighted by Gasteiger charge is 2.35. The number of rotatable bonds is 1. The summed E-state index contributed by atoms with van der Waals surface area (Å²) in [4.78, 5) is 32.7. The van der Waals surface area contributed by atoms with Gasteiger partial charge in [-0.05, 0) is 31.9 Å². The summed E-state index contributed by atoms with van der Waals surface area (Å²) in [5, 5.41) is 13.0. The molecule has 0 aliphatic carbocycles. The zero-order chi connectivity index (χ0) is 12.0. The summed E-state index contributed by atoms with van der Waals surface area (Å²) in [5.41, 5.74) is -0.0194. The van der Waals surface area contributed by atoms with Gasteiger partial charge in [-0.1, -0.05) is 0 Å². The van der Waals surface area contributed by atoms with E-state index in [-0.39, 0.29) is 21.4 Å². The Morgan fingerprint density at radius 3 is 2.50 bits per heavy atom. The van der Waals surface area contributed by atoms with E-state index in [1.54, 1.807) is 0 Å². The number of benzene rings is 1. The molecule has 1 N–H and O–H groups in total. The highest BCUT2D eigenvalue weighted by atomic mass is 79.9. The lowest BCUT2D eigenvalue weighted by Gasteiger charge is -2.03. The first-order valence-corrected chi connectivity index (χ1v) is 5.54. The van der Waals surface area contributed by atoms with Gasteiger partial charge in [-0.15, -0.1) is 0 Å². The van der Waals surface area contributed by atoms with Crippen LogP contribution in [0.15, 0.2) is 15.0 Å². The summed E-state index contributed by atoms with van der Waals surface area (Å²) < 4.78 is 0.315. The average Bonchev–Trinajstić information content (AvgIpc) is 2.50. The molecule has 16 heavy (non-hydrogen) atoms. The SMILES string of the molecule is O=C1Nc2c(Br)cc([N+](=O)[O-])c(Br)c2C1=O. The van der Waals surface area contributed by atoms with Gasteiger partial charge in [0.05, 0.1) is 16.2 Å². The largest absolute Gasteiger partial charge is 0.317 e. The van der Waals surface area contributed by atoms with Gasteiger partial charge in [-0.25, -0.2) is 0 Å². The number of fused-ring (bicyclic) bond motifs is 1. The fourth-order valence-electron chi connectivity index (χ4n) is 1.36. The van der Waals surface area contributed by atoms with E-state index >= 15 is 0 Å². The summed E-state index contributed by atoms with van der Waals surface area (Å²) in [5.74, 6) is -1.58. The second-order valence-corrected chi connectivity index (χ2v) is 4.63. The van der Waals surface area contributed by atoms with Crippen molar-refractivity contribution >= 4 is 54.9 Å². The summed E-state index contributed by atoms with van der Waals surface area (Å²) in [6, 6.07) is 1.22. The number of ketones is 1. The molecule has 0 spiro atoms. The number of nitrogens with one attached hydrogen (secondary N) is 1. The predicted molar refractivity (Wildman–Crippen MR) is 61.5 cm³/mol. The van der Waals surface area contributed by atoms with E-state index in [2.05, 4.69) is 37.2 Å². The molecule has 0 bridgehead atoms. The van der Waals surface area contributed by atoms with Gasteiger partial charge < -0.3 is 5.32 Å². The molecule has 1 aromatic carbocycles. The maximum absolute atomic E-state index is 11.5. The number of carbonyl (C=O) groups excluding carboxylic acids is 2. The number of hydrogen-bond acceptors (Lipinski definition) is 4. The number of hydrogen-bond donors (Lipinski definition) is 1. The molecule has 0 fully saturated rings. The lowest BCUT2D eigenvalue weighted by atomic mass is 10.1.